The number of aryl methyl sites for hydroxylation is 2. The monoisotopic (exact) mass is 734 g/mol. The largest absolute Gasteiger partial charge is 0.444 e. The number of nitrogens with zero attached hydrogens (tertiary/aromatic N) is 6. The minimum absolute atomic E-state index is 0. The Hall–Kier alpha value is -2.24. The van der Waals surface area contributed by atoms with E-state index in [1.54, 1.807) is 12.4 Å². The van der Waals surface area contributed by atoms with Crippen LogP contribution < -0.4 is 21.7 Å². The molecule has 4 aromatic heterocycles. The lowest BCUT2D eigenvalue weighted by molar-refractivity contribution is 0.0505. The van der Waals surface area contributed by atoms with Gasteiger partial charge in [-0.15, -0.1) is 12.4 Å². The summed E-state index contributed by atoms with van der Waals surface area (Å²) in [4.78, 5) is 20.8. The van der Waals surface area contributed by atoms with Gasteiger partial charge < -0.3 is 26.4 Å². The second-order valence-electron chi connectivity index (χ2n) is 12.2. The molecule has 6 rings (SSSR count). The number of nitrogens with one attached hydrogen (secondary N) is 3. The second-order valence-corrected chi connectivity index (χ2v) is 12.2. The highest BCUT2D eigenvalue weighted by atomic mass is 35.5. The fraction of sp³-hybridized carbons (Fsp3) is 0.552. The molecule has 12 nitrogen and oxygen atoms in total. The first-order valence-corrected chi connectivity index (χ1v) is 14.4. The van der Waals surface area contributed by atoms with Crippen LogP contribution in [0, 0.1) is 13.8 Å². The van der Waals surface area contributed by atoms with E-state index in [0.29, 0.717) is 18.1 Å². The Labute approximate surface area is 305 Å². The summed E-state index contributed by atoms with van der Waals surface area (Å²) < 4.78 is 8.97. The molecule has 4 heterocycles. The predicted molar refractivity (Wildman–Crippen MR) is 208 cm³/mol. The number of carbonyl (C=O) groups is 1. The van der Waals surface area contributed by atoms with Gasteiger partial charge in [0.1, 0.15) is 17.2 Å². The van der Waals surface area contributed by atoms with Crippen LogP contribution in [0.5, 0.6) is 0 Å². The minimum Gasteiger partial charge on any atom is -0.444 e. The summed E-state index contributed by atoms with van der Waals surface area (Å²) >= 11 is 0. The van der Waals surface area contributed by atoms with E-state index >= 15 is 0 Å². The van der Waals surface area contributed by atoms with Crippen LogP contribution in [0.2, 0.25) is 0 Å². The van der Waals surface area contributed by atoms with Gasteiger partial charge in [0.05, 0.1) is 12.4 Å². The Bertz CT molecular complexity index is 1520. The zero-order chi connectivity index (χ0) is 29.1. The predicted octanol–water partition coefficient (Wildman–Crippen LogP) is 5.10. The highest BCUT2D eigenvalue weighted by molar-refractivity contribution is 7.59. The number of aromatic nitrogens is 6. The Balaban J connectivity index is 0.000000827. The zero-order valence-electron chi connectivity index (χ0n) is 27.0. The van der Waals surface area contributed by atoms with Crippen molar-refractivity contribution in [3.8, 4) is 0 Å². The van der Waals surface area contributed by atoms with E-state index in [9.17, 15) is 4.79 Å². The van der Waals surface area contributed by atoms with Crippen LogP contribution in [0.3, 0.4) is 0 Å². The Morgan fingerprint density at radius 2 is 1.26 bits per heavy atom. The van der Waals surface area contributed by atoms with Crippen molar-refractivity contribution < 1.29 is 9.53 Å². The van der Waals surface area contributed by atoms with Gasteiger partial charge in [0.2, 0.25) is 0 Å². The molecule has 260 valence electrons. The molecule has 0 aliphatic heterocycles. The number of nitrogens with two attached hydrogens (primary N) is 1. The fourth-order valence-electron chi connectivity index (χ4n) is 5.57. The Kier molecular flexibility index (Phi) is 18.0. The average molecular weight is 736 g/mol. The second kappa shape index (κ2) is 18.9. The van der Waals surface area contributed by atoms with Gasteiger partial charge in [-0.1, -0.05) is 0 Å². The van der Waals surface area contributed by atoms with E-state index in [2.05, 4.69) is 36.1 Å². The highest BCUT2D eigenvalue weighted by Crippen LogP contribution is 2.25. The fourth-order valence-corrected chi connectivity index (χ4v) is 5.57. The number of fused-ring (bicyclic) bond motifs is 2. The highest BCUT2D eigenvalue weighted by Gasteiger charge is 2.28. The van der Waals surface area contributed by atoms with E-state index in [-0.39, 0.29) is 78.5 Å². The molecule has 0 bridgehead atoms. The van der Waals surface area contributed by atoms with Gasteiger partial charge >= 0.3 is 6.09 Å². The first kappa shape index (κ1) is 43.8. The standard InChI is InChI=1S/C17H25N5O2.C12H17N5.ClH.4H2S/c1-11-9-15(22-14(19-11)7-8-18-22)20-12-5-6-13(10-12)21-16(23)24-17(2,3)4;1-8-6-12(16-10-3-2-9(13)7-10)17-11(15-8)4-5-14-17;;;;;/h7-9,12-13,20H,5-6,10H2,1-4H3,(H,21,23);4-6,9-10,16H,2-3,7,13H2,1H3;1H;4*1H2/t12-,13+;9-,10+;;;;;/m01...../s1. The molecule has 0 aromatic carbocycles. The quantitative estimate of drug-likeness (QED) is 0.220. The zero-order valence-corrected chi connectivity index (χ0v) is 31.8. The molecule has 2 saturated carbocycles. The molecule has 0 saturated heterocycles. The molecule has 2 aliphatic carbocycles. The SMILES string of the molecule is Cc1cc(N[C@H]2CC[C@@H](N)C2)n2nccc2n1.Cc1cc(N[C@H]2CC[C@@H](NC(=O)OC(C)(C)C)C2)n2nccc2n1.Cl.S.S.S.S. The molecular weight excluding hydrogens is 684 g/mol. The van der Waals surface area contributed by atoms with Crippen molar-refractivity contribution >= 4 is 95.4 Å². The lowest BCUT2D eigenvalue weighted by atomic mass is 10.2. The van der Waals surface area contributed by atoms with E-state index < -0.39 is 5.60 Å². The molecular formula is C29H51ClN10O2S4. The van der Waals surface area contributed by atoms with Gasteiger partial charge in [0.25, 0.3) is 0 Å². The van der Waals surface area contributed by atoms with Crippen molar-refractivity contribution in [2.45, 2.75) is 103 Å². The molecule has 46 heavy (non-hydrogen) atoms. The topological polar surface area (TPSA) is 149 Å². The molecule has 4 atom stereocenters. The van der Waals surface area contributed by atoms with Crippen LogP contribution in [-0.4, -0.2) is 65.1 Å². The maximum Gasteiger partial charge on any atom is 0.407 e. The first-order valence-electron chi connectivity index (χ1n) is 14.4. The third kappa shape index (κ3) is 11.8. The number of amides is 1. The summed E-state index contributed by atoms with van der Waals surface area (Å²) in [7, 11) is 0. The lowest BCUT2D eigenvalue weighted by Crippen LogP contribution is -2.38. The van der Waals surface area contributed by atoms with Crippen molar-refractivity contribution in [2.24, 2.45) is 5.73 Å². The summed E-state index contributed by atoms with van der Waals surface area (Å²) in [6, 6.07) is 9.05. The molecule has 2 fully saturated rings. The average Bonchev–Trinajstić information content (AvgIpc) is 3.67. The molecule has 0 spiro atoms. The summed E-state index contributed by atoms with van der Waals surface area (Å²) in [6.45, 7) is 9.57. The number of ether oxygens (including phenoxy) is 1. The summed E-state index contributed by atoms with van der Waals surface area (Å²) in [5.41, 5.74) is 9.12. The summed E-state index contributed by atoms with van der Waals surface area (Å²) in [5.74, 6) is 1.95. The smallest absolute Gasteiger partial charge is 0.407 e. The van der Waals surface area contributed by atoms with E-state index in [1.165, 1.54) is 0 Å². The molecule has 0 unspecified atom stereocenters. The van der Waals surface area contributed by atoms with Crippen molar-refractivity contribution in [3.05, 3.63) is 48.0 Å². The maximum absolute atomic E-state index is 11.9. The van der Waals surface area contributed by atoms with Crippen LogP contribution >= 0.6 is 66.4 Å². The molecule has 0 radical (unpaired) electrons. The number of hydrogen-bond acceptors (Lipinski definition) is 9. The summed E-state index contributed by atoms with van der Waals surface area (Å²) in [6.07, 6.45) is 9.22. The van der Waals surface area contributed by atoms with Crippen molar-refractivity contribution in [2.75, 3.05) is 10.6 Å². The lowest BCUT2D eigenvalue weighted by Gasteiger charge is -2.22. The van der Waals surface area contributed by atoms with Gasteiger partial charge in [-0.2, -0.15) is 73.2 Å². The molecule has 4 aromatic rings. The number of anilines is 2. The van der Waals surface area contributed by atoms with Crippen LogP contribution in [0.1, 0.15) is 70.7 Å². The number of alkyl carbamates (subject to hydrolysis) is 1. The Morgan fingerprint density at radius 3 is 1.72 bits per heavy atom. The normalized spacial score (nSPS) is 20.0. The summed E-state index contributed by atoms with van der Waals surface area (Å²) in [5, 5.41) is 18.6. The maximum atomic E-state index is 11.9. The van der Waals surface area contributed by atoms with Crippen molar-refractivity contribution in [1.29, 1.82) is 0 Å². The van der Waals surface area contributed by atoms with Crippen LogP contribution in [0.4, 0.5) is 16.4 Å². The van der Waals surface area contributed by atoms with E-state index in [4.69, 9.17) is 10.5 Å². The third-order valence-electron chi connectivity index (χ3n) is 7.31. The van der Waals surface area contributed by atoms with Gasteiger partial charge in [-0.25, -0.2) is 14.8 Å². The van der Waals surface area contributed by atoms with Gasteiger partial charge in [-0.3, -0.25) is 0 Å². The third-order valence-corrected chi connectivity index (χ3v) is 7.31. The molecule has 5 N–H and O–H groups in total. The first-order chi connectivity index (χ1) is 19.5. The van der Waals surface area contributed by atoms with Crippen LogP contribution in [-0.2, 0) is 4.74 Å². The molecule has 17 heteroatoms. The molecule has 2 aliphatic rings. The van der Waals surface area contributed by atoms with Gasteiger partial charge in [-0.05, 0) is 73.1 Å². The van der Waals surface area contributed by atoms with Gasteiger partial charge in [0.15, 0.2) is 11.3 Å². The number of rotatable bonds is 5. The number of hydrogen-bond donors (Lipinski definition) is 4. The van der Waals surface area contributed by atoms with Crippen molar-refractivity contribution in [3.63, 3.8) is 0 Å². The Morgan fingerprint density at radius 1 is 0.804 bits per heavy atom. The van der Waals surface area contributed by atoms with Crippen LogP contribution in [0.25, 0.3) is 11.3 Å². The van der Waals surface area contributed by atoms with Gasteiger partial charge in [0, 0.05) is 59.8 Å². The molecule has 1 amide bonds. The van der Waals surface area contributed by atoms with E-state index in [0.717, 1.165) is 72.8 Å². The minimum atomic E-state index is -0.472. The van der Waals surface area contributed by atoms with Crippen molar-refractivity contribution in [1.82, 2.24) is 34.5 Å². The number of halogens is 1. The van der Waals surface area contributed by atoms with E-state index in [1.807, 2.05) is 67.9 Å². The number of carbonyl (C=O) groups excluding carboxylic acids is 1. The van der Waals surface area contributed by atoms with Crippen LogP contribution in [0.15, 0.2) is 36.7 Å².